The van der Waals surface area contributed by atoms with E-state index in [0.717, 1.165) is 6.42 Å². The predicted octanol–water partition coefficient (Wildman–Crippen LogP) is 23.5. The van der Waals surface area contributed by atoms with Crippen LogP contribution in [0.5, 0.6) is 0 Å². The molecule has 0 unspecified atom stereocenters. The van der Waals surface area contributed by atoms with Crippen molar-refractivity contribution in [2.24, 2.45) is 42.3 Å². The molecule has 6 aromatic heterocycles. The number of fused-ring (bicyclic) bond motifs is 6. The molecule has 6 aromatic carbocycles. The van der Waals surface area contributed by atoms with Crippen LogP contribution >= 0.6 is 0 Å². The number of aryl methyl sites for hydroxylation is 9. The summed E-state index contributed by atoms with van der Waals surface area (Å²) in [6, 6.07) is 54.6. The van der Waals surface area contributed by atoms with E-state index in [-0.39, 0.29) is 5.41 Å². The topological polar surface area (TPSA) is 29.6 Å². The lowest BCUT2D eigenvalue weighted by Gasteiger charge is -2.18. The van der Waals surface area contributed by atoms with E-state index in [0.29, 0.717) is 5.92 Å². The maximum Gasteiger partial charge on any atom is 0.0477 e. The highest BCUT2D eigenvalue weighted by atomic mass is 14.9. The van der Waals surface area contributed by atoms with Gasteiger partial charge in [0.25, 0.3) is 0 Å². The minimum absolute atomic E-state index is 0.240. The highest BCUT2D eigenvalue weighted by molar-refractivity contribution is 5.84. The maximum atomic E-state index is 2.29. The molecule has 0 radical (unpaired) electrons. The Morgan fingerprint density at radius 3 is 1.07 bits per heavy atom. The van der Waals surface area contributed by atoms with Crippen molar-refractivity contribution in [3.63, 3.8) is 0 Å². The lowest BCUT2D eigenvalue weighted by Crippen LogP contribution is -2.10. The molecule has 6 heterocycles. The minimum atomic E-state index is 0.240. The van der Waals surface area contributed by atoms with Gasteiger partial charge in [-0.3, -0.25) is 0 Å². The Kier molecular flexibility index (Phi) is 35.5. The summed E-state index contributed by atoms with van der Waals surface area (Å²) in [5.41, 5.74) is 15.1. The van der Waals surface area contributed by atoms with Gasteiger partial charge in [0.2, 0.25) is 0 Å². The Bertz CT molecular complexity index is 3680. The van der Waals surface area contributed by atoms with Gasteiger partial charge in [0.1, 0.15) is 0 Å². The van der Waals surface area contributed by atoms with Gasteiger partial charge in [0.15, 0.2) is 0 Å². The van der Waals surface area contributed by atoms with E-state index < -0.39 is 0 Å². The Labute approximate surface area is 518 Å². The number of para-hydroxylation sites is 1. The molecule has 0 saturated carbocycles. The van der Waals surface area contributed by atoms with Crippen molar-refractivity contribution in [3.8, 4) is 0 Å². The average molecular weight is 1150 g/mol. The zero-order valence-electron chi connectivity index (χ0n) is 58.3. The second-order valence-electron chi connectivity index (χ2n) is 21.1. The number of rotatable bonds is 4. The summed E-state index contributed by atoms with van der Waals surface area (Å²) in [5, 5.41) is 8.01. The SMILES string of the molecule is CC.CC.CC.CC.CC.CC.CC(C)c1ccc2c(ccn2C)c1.CCCc1ccc2c(ccn2C)c1.CCc1ccc2c(ccn2C)c1.Cc1ccc2c(ccn2C)c1.Cn1ccc2cc(C(C)(C)C)ccc21.Cn1ccc2ccccc21. The van der Waals surface area contributed by atoms with Crippen LogP contribution in [0.2, 0.25) is 0 Å². The molecule has 0 saturated heterocycles. The molecule has 0 aliphatic rings. The highest BCUT2D eigenvalue weighted by Gasteiger charge is 2.14. The van der Waals surface area contributed by atoms with E-state index in [1.807, 2.05) is 83.1 Å². The molecule has 0 fully saturated rings. The number of hydrogen-bond donors (Lipinski definition) is 0. The third kappa shape index (κ3) is 22.5. The standard InChI is InChI=1S/C13H17N.2C12H15N.C11H13N.C10H11N.C9H9N.6C2H6/c1-13(2,3)11-5-6-12-10(9-11)7-8-14(12)4;1-9(2)10-4-5-12-11(8-10)6-7-13(12)3;1-3-4-10-5-6-12-11(9-10)7-8-13(12)2;1-3-9-4-5-11-10(8-9)6-7-12(11)2;1-8-3-4-10-9(7-8)5-6-11(10)2;1-10-7-6-8-4-2-3-5-9(8)10;6*1-2/h5-9H,1-4H3;4-9H,1-3H3;5-9H,3-4H2,1-2H3;4-8H,3H2,1-2H3;3-7H,1-2H3;2-7H,1H3;6*1-2H3. The van der Waals surface area contributed by atoms with Crippen molar-refractivity contribution in [3.05, 3.63) is 217 Å². The van der Waals surface area contributed by atoms with Gasteiger partial charge in [0.05, 0.1) is 0 Å². The summed E-state index contributed by atoms with van der Waals surface area (Å²) in [6.45, 7) is 41.7. The van der Waals surface area contributed by atoms with E-state index in [1.165, 1.54) is 106 Å². The highest BCUT2D eigenvalue weighted by Crippen LogP contribution is 2.27. The lowest BCUT2D eigenvalue weighted by molar-refractivity contribution is 0.591. The summed E-state index contributed by atoms with van der Waals surface area (Å²) in [6.07, 6.45) is 16.1. The first-order chi connectivity index (χ1) is 40.9. The Hall–Kier alpha value is -7.44. The van der Waals surface area contributed by atoms with Crippen LogP contribution in [0, 0.1) is 6.92 Å². The molecule has 12 aromatic rings. The number of nitrogens with zero attached hydrogens (tertiary/aromatic N) is 6. The van der Waals surface area contributed by atoms with E-state index in [4.69, 9.17) is 0 Å². The molecule has 0 spiro atoms. The quantitative estimate of drug-likeness (QED) is 0.168. The molecule has 462 valence electrons. The molecule has 0 N–H and O–H groups in total. The molecule has 0 atom stereocenters. The zero-order chi connectivity index (χ0) is 64.4. The van der Waals surface area contributed by atoms with Gasteiger partial charge in [-0.2, -0.15) is 0 Å². The van der Waals surface area contributed by atoms with Crippen LogP contribution in [0.15, 0.2) is 189 Å². The van der Waals surface area contributed by atoms with E-state index in [1.54, 1.807) is 0 Å². The summed E-state index contributed by atoms with van der Waals surface area (Å²) in [5.74, 6) is 0.615. The molecule has 0 amide bonds. The third-order valence-electron chi connectivity index (χ3n) is 14.0. The number of benzene rings is 6. The molecule has 0 aliphatic carbocycles. The zero-order valence-corrected chi connectivity index (χ0v) is 58.3. The normalized spacial score (nSPS) is 10.0. The molecule has 85 heavy (non-hydrogen) atoms. The van der Waals surface area contributed by atoms with Gasteiger partial charge >= 0.3 is 0 Å². The van der Waals surface area contributed by atoms with Crippen LogP contribution in [-0.2, 0) is 60.5 Å². The minimum Gasteiger partial charge on any atom is -0.351 e. The van der Waals surface area contributed by atoms with Gasteiger partial charge in [0, 0.05) is 113 Å². The van der Waals surface area contributed by atoms with Gasteiger partial charge < -0.3 is 27.4 Å². The number of hydrogen-bond acceptors (Lipinski definition) is 0. The fourth-order valence-corrected chi connectivity index (χ4v) is 9.36. The second kappa shape index (κ2) is 40.0. The first kappa shape index (κ1) is 75.6. The van der Waals surface area contributed by atoms with Crippen LogP contribution < -0.4 is 0 Å². The van der Waals surface area contributed by atoms with Gasteiger partial charge in [-0.05, 0) is 189 Å². The van der Waals surface area contributed by atoms with Crippen molar-refractivity contribution < 1.29 is 0 Å². The van der Waals surface area contributed by atoms with Crippen LogP contribution in [0.4, 0.5) is 0 Å². The van der Waals surface area contributed by atoms with Gasteiger partial charge in [-0.1, -0.05) is 192 Å². The first-order valence-corrected chi connectivity index (χ1v) is 32.1. The summed E-state index contributed by atoms with van der Waals surface area (Å²) in [4.78, 5) is 0. The first-order valence-electron chi connectivity index (χ1n) is 32.1. The van der Waals surface area contributed by atoms with Crippen molar-refractivity contribution >= 4 is 65.4 Å². The maximum absolute atomic E-state index is 2.29. The average Bonchev–Trinajstić information content (AvgIpc) is 4.41. The van der Waals surface area contributed by atoms with Gasteiger partial charge in [-0.15, -0.1) is 0 Å². The molecule has 6 heteroatoms. The molecule has 0 aliphatic heterocycles. The van der Waals surface area contributed by atoms with Crippen molar-refractivity contribution in [1.82, 2.24) is 27.4 Å². The summed E-state index contributed by atoms with van der Waals surface area (Å²) < 4.78 is 12.9. The third-order valence-corrected chi connectivity index (χ3v) is 14.0. The van der Waals surface area contributed by atoms with Crippen molar-refractivity contribution in [2.75, 3.05) is 0 Å². The predicted molar refractivity (Wildman–Crippen MR) is 387 cm³/mol. The second-order valence-corrected chi connectivity index (χ2v) is 21.1. The molecule has 6 nitrogen and oxygen atoms in total. The van der Waals surface area contributed by atoms with Gasteiger partial charge in [-0.25, -0.2) is 0 Å². The fourth-order valence-electron chi connectivity index (χ4n) is 9.36. The molecular formula is C79H116N6. The smallest absolute Gasteiger partial charge is 0.0477 e. The monoisotopic (exact) mass is 1150 g/mol. The Morgan fingerprint density at radius 2 is 0.671 bits per heavy atom. The molecule has 0 bridgehead atoms. The van der Waals surface area contributed by atoms with Crippen LogP contribution in [0.3, 0.4) is 0 Å². The summed E-state index contributed by atoms with van der Waals surface area (Å²) in [7, 11) is 12.5. The van der Waals surface area contributed by atoms with Crippen LogP contribution in [-0.4, -0.2) is 27.4 Å². The lowest BCUT2D eigenvalue weighted by atomic mass is 9.86. The summed E-state index contributed by atoms with van der Waals surface area (Å²) >= 11 is 0. The van der Waals surface area contributed by atoms with E-state index >= 15 is 0 Å². The Morgan fingerprint density at radius 1 is 0.341 bits per heavy atom. The Balaban J connectivity index is 0.000000493. The molecule has 12 rings (SSSR count). The number of aromatic nitrogens is 6. The van der Waals surface area contributed by atoms with Crippen LogP contribution in [0.25, 0.3) is 65.4 Å². The molecular weight excluding hydrogens is 1030 g/mol. The van der Waals surface area contributed by atoms with Crippen LogP contribution in [0.1, 0.15) is 172 Å². The van der Waals surface area contributed by atoms with E-state index in [9.17, 15) is 0 Å². The van der Waals surface area contributed by atoms with E-state index in [2.05, 4.69) is 314 Å². The van der Waals surface area contributed by atoms with Crippen molar-refractivity contribution in [1.29, 1.82) is 0 Å². The van der Waals surface area contributed by atoms with Crippen molar-refractivity contribution in [2.45, 2.75) is 169 Å². The largest absolute Gasteiger partial charge is 0.351 e. The fraction of sp³-hybridized carbons (Fsp3) is 0.392.